The van der Waals surface area contributed by atoms with Gasteiger partial charge in [0.2, 0.25) is 0 Å². The first kappa shape index (κ1) is 11.0. The average molecular weight is 255 g/mol. The van der Waals surface area contributed by atoms with E-state index in [1.165, 1.54) is 0 Å². The molecule has 0 heterocycles. The highest BCUT2D eigenvalue weighted by Gasteiger charge is 2.05. The second-order valence-corrected chi connectivity index (χ2v) is 3.86. The fourth-order valence-electron chi connectivity index (χ4n) is 1.04. The smallest absolute Gasteiger partial charge is 0.103 e. The lowest BCUT2D eigenvalue weighted by Crippen LogP contribution is -2.15. The minimum Gasteiger partial charge on any atom is -0.392 e. The Kier molecular flexibility index (Phi) is 3.93. The lowest BCUT2D eigenvalue weighted by Gasteiger charge is -2.10. The molecule has 4 heteroatoms. The predicted octanol–water partition coefficient (Wildman–Crippen LogP) is 2.11. The molecule has 0 aromatic heterocycles. The van der Waals surface area contributed by atoms with Gasteiger partial charge in [-0.05, 0) is 35.0 Å². The third-order valence-corrected chi connectivity index (χ3v) is 2.37. The van der Waals surface area contributed by atoms with Gasteiger partial charge >= 0.3 is 0 Å². The molecule has 0 spiro atoms. The minimum atomic E-state index is -0.430. The summed E-state index contributed by atoms with van der Waals surface area (Å²) in [5.41, 5.74) is 1.30. The molecule has 0 unspecified atom stereocenters. The molecule has 0 radical (unpaired) electrons. The highest BCUT2D eigenvalue weighted by molar-refractivity contribution is 9.10. The third kappa shape index (κ3) is 2.72. The number of benzene rings is 1. The van der Waals surface area contributed by atoms with Crippen molar-refractivity contribution in [3.8, 4) is 6.07 Å². The SMILES string of the molecule is C[C@@H](O)CNc1cccc(Br)c1C#N. The van der Waals surface area contributed by atoms with Crippen LogP contribution in [0.2, 0.25) is 0 Å². The molecule has 3 nitrogen and oxygen atoms in total. The lowest BCUT2D eigenvalue weighted by atomic mass is 10.2. The van der Waals surface area contributed by atoms with Crippen molar-refractivity contribution in [1.29, 1.82) is 5.26 Å². The van der Waals surface area contributed by atoms with Crippen LogP contribution in [-0.2, 0) is 0 Å². The monoisotopic (exact) mass is 254 g/mol. The van der Waals surface area contributed by atoms with Gasteiger partial charge in [0.15, 0.2) is 0 Å². The molecule has 0 bridgehead atoms. The number of aliphatic hydroxyl groups is 1. The van der Waals surface area contributed by atoms with Crippen molar-refractivity contribution >= 4 is 21.6 Å². The Hall–Kier alpha value is -1.05. The summed E-state index contributed by atoms with van der Waals surface area (Å²) < 4.78 is 0.760. The number of hydrogen-bond donors (Lipinski definition) is 2. The number of nitrogens with zero attached hydrogens (tertiary/aromatic N) is 1. The van der Waals surface area contributed by atoms with Gasteiger partial charge in [0, 0.05) is 11.0 Å². The summed E-state index contributed by atoms with van der Waals surface area (Å²) in [6.45, 7) is 2.13. The van der Waals surface area contributed by atoms with Crippen molar-refractivity contribution in [1.82, 2.24) is 0 Å². The zero-order valence-corrected chi connectivity index (χ0v) is 9.37. The highest BCUT2D eigenvalue weighted by atomic mass is 79.9. The molecule has 2 N–H and O–H groups in total. The number of nitriles is 1. The summed E-state index contributed by atoms with van der Waals surface area (Å²) in [5.74, 6) is 0. The molecule has 0 saturated carbocycles. The van der Waals surface area contributed by atoms with Crippen molar-refractivity contribution in [2.24, 2.45) is 0 Å². The van der Waals surface area contributed by atoms with Gasteiger partial charge in [0.25, 0.3) is 0 Å². The Morgan fingerprint density at radius 3 is 2.93 bits per heavy atom. The van der Waals surface area contributed by atoms with E-state index in [2.05, 4.69) is 27.3 Å². The summed E-state index contributed by atoms with van der Waals surface area (Å²) in [4.78, 5) is 0. The van der Waals surface area contributed by atoms with Gasteiger partial charge in [-0.2, -0.15) is 5.26 Å². The second-order valence-electron chi connectivity index (χ2n) is 3.00. The Morgan fingerprint density at radius 1 is 1.64 bits per heavy atom. The number of halogens is 1. The molecular weight excluding hydrogens is 244 g/mol. The molecule has 0 fully saturated rings. The van der Waals surface area contributed by atoms with Gasteiger partial charge in [0.1, 0.15) is 6.07 Å². The maximum absolute atomic E-state index is 9.09. The number of nitrogens with one attached hydrogen (secondary N) is 1. The molecule has 1 aromatic rings. The van der Waals surface area contributed by atoms with Crippen LogP contribution in [0.1, 0.15) is 12.5 Å². The van der Waals surface area contributed by atoms with Gasteiger partial charge in [0.05, 0.1) is 17.4 Å². The first-order valence-corrected chi connectivity index (χ1v) is 5.05. The van der Waals surface area contributed by atoms with E-state index in [1.54, 1.807) is 6.92 Å². The summed E-state index contributed by atoms with van der Waals surface area (Å²) in [7, 11) is 0. The van der Waals surface area contributed by atoms with Crippen LogP contribution in [0.15, 0.2) is 22.7 Å². The maximum Gasteiger partial charge on any atom is 0.103 e. The van der Waals surface area contributed by atoms with Crippen molar-refractivity contribution < 1.29 is 5.11 Å². The fraction of sp³-hybridized carbons (Fsp3) is 0.300. The van der Waals surface area contributed by atoms with Crippen LogP contribution >= 0.6 is 15.9 Å². The standard InChI is InChI=1S/C10H11BrN2O/c1-7(14)6-13-10-4-2-3-9(11)8(10)5-12/h2-4,7,13-14H,6H2,1H3/t7-/m1/s1. The largest absolute Gasteiger partial charge is 0.392 e. The molecule has 0 aliphatic rings. The minimum absolute atomic E-state index is 0.430. The number of hydrogen-bond acceptors (Lipinski definition) is 3. The van der Waals surface area contributed by atoms with E-state index < -0.39 is 6.10 Å². The van der Waals surface area contributed by atoms with Crippen LogP contribution in [0.25, 0.3) is 0 Å². The molecule has 0 saturated heterocycles. The summed E-state index contributed by atoms with van der Waals surface area (Å²) >= 11 is 3.29. The Balaban J connectivity index is 2.87. The molecule has 0 aliphatic carbocycles. The maximum atomic E-state index is 9.09. The summed E-state index contributed by atoms with van der Waals surface area (Å²) in [6, 6.07) is 7.56. The van der Waals surface area contributed by atoms with Gasteiger partial charge in [-0.25, -0.2) is 0 Å². The van der Waals surface area contributed by atoms with Crippen LogP contribution < -0.4 is 5.32 Å². The molecule has 0 amide bonds. The van der Waals surface area contributed by atoms with E-state index >= 15 is 0 Å². The van der Waals surface area contributed by atoms with Gasteiger partial charge in [-0.15, -0.1) is 0 Å². The number of rotatable bonds is 3. The molecule has 74 valence electrons. The summed E-state index contributed by atoms with van der Waals surface area (Å²) in [6.07, 6.45) is -0.430. The Bertz CT molecular complexity index is 358. The first-order valence-electron chi connectivity index (χ1n) is 4.25. The fourth-order valence-corrected chi connectivity index (χ4v) is 1.50. The van der Waals surface area contributed by atoms with E-state index in [1.807, 2.05) is 18.2 Å². The van der Waals surface area contributed by atoms with Crippen molar-refractivity contribution in [3.63, 3.8) is 0 Å². The van der Waals surface area contributed by atoms with Crippen LogP contribution in [0.4, 0.5) is 5.69 Å². The zero-order chi connectivity index (χ0) is 10.6. The predicted molar refractivity (Wildman–Crippen MR) is 59.0 cm³/mol. The lowest BCUT2D eigenvalue weighted by molar-refractivity contribution is 0.208. The quantitative estimate of drug-likeness (QED) is 0.869. The molecule has 0 aliphatic heterocycles. The number of aliphatic hydroxyl groups excluding tert-OH is 1. The van der Waals surface area contributed by atoms with Crippen molar-refractivity contribution in [3.05, 3.63) is 28.2 Å². The molecule has 1 rings (SSSR count). The van der Waals surface area contributed by atoms with Crippen LogP contribution in [0.3, 0.4) is 0 Å². The molecule has 1 atom stereocenters. The van der Waals surface area contributed by atoms with Crippen LogP contribution in [-0.4, -0.2) is 17.8 Å². The van der Waals surface area contributed by atoms with Gasteiger partial charge < -0.3 is 10.4 Å². The first-order chi connectivity index (χ1) is 6.65. The summed E-state index contributed by atoms with van der Waals surface area (Å²) in [5, 5.41) is 21.0. The topological polar surface area (TPSA) is 56.0 Å². The van der Waals surface area contributed by atoms with E-state index in [-0.39, 0.29) is 0 Å². The van der Waals surface area contributed by atoms with E-state index in [0.29, 0.717) is 12.1 Å². The van der Waals surface area contributed by atoms with Gasteiger partial charge in [-0.3, -0.25) is 0 Å². The van der Waals surface area contributed by atoms with Gasteiger partial charge in [-0.1, -0.05) is 6.07 Å². The van der Waals surface area contributed by atoms with Crippen LogP contribution in [0.5, 0.6) is 0 Å². The van der Waals surface area contributed by atoms with Crippen LogP contribution in [0, 0.1) is 11.3 Å². The van der Waals surface area contributed by atoms with E-state index in [0.717, 1.165) is 10.2 Å². The molecular formula is C10H11BrN2O. The molecule has 14 heavy (non-hydrogen) atoms. The zero-order valence-electron chi connectivity index (χ0n) is 7.79. The third-order valence-electron chi connectivity index (χ3n) is 1.71. The van der Waals surface area contributed by atoms with Crippen molar-refractivity contribution in [2.45, 2.75) is 13.0 Å². The highest BCUT2D eigenvalue weighted by Crippen LogP contribution is 2.23. The van der Waals surface area contributed by atoms with E-state index in [9.17, 15) is 0 Å². The Morgan fingerprint density at radius 2 is 2.36 bits per heavy atom. The normalized spacial score (nSPS) is 11.9. The Labute approximate surface area is 91.5 Å². The second kappa shape index (κ2) is 4.99. The molecule has 1 aromatic carbocycles. The van der Waals surface area contributed by atoms with E-state index in [4.69, 9.17) is 10.4 Å². The average Bonchev–Trinajstić information content (AvgIpc) is 2.14. The van der Waals surface area contributed by atoms with Crippen molar-refractivity contribution in [2.75, 3.05) is 11.9 Å². The number of anilines is 1.